The quantitative estimate of drug-likeness (QED) is 0.241. The first-order valence-corrected chi connectivity index (χ1v) is 16.9. The highest BCUT2D eigenvalue weighted by molar-refractivity contribution is 5.80. The molecule has 3 aliphatic rings. The molecule has 7 rings (SSSR count). The fraction of sp³-hybridized carbons (Fsp3) is 0.500. The maximum absolute atomic E-state index is 12.8. The molecule has 0 spiro atoms. The number of carboxylic acids is 1. The highest BCUT2D eigenvalue weighted by Gasteiger charge is 2.38. The first-order valence-electron chi connectivity index (χ1n) is 16.9. The Hall–Kier alpha value is -3.95. The maximum atomic E-state index is 12.8. The Morgan fingerprint density at radius 3 is 2.53 bits per heavy atom. The van der Waals surface area contributed by atoms with Gasteiger partial charge in [-0.25, -0.2) is 9.78 Å². The number of benzene rings is 2. The molecule has 9 nitrogen and oxygen atoms in total. The van der Waals surface area contributed by atoms with Crippen LogP contribution in [0.25, 0.3) is 28.0 Å². The normalized spacial score (nSPS) is 21.3. The number of carbonyl (C=O) groups is 1. The minimum atomic E-state index is -1.21. The van der Waals surface area contributed by atoms with E-state index in [1.54, 1.807) is 0 Å². The van der Waals surface area contributed by atoms with Crippen LogP contribution in [-0.2, 0) is 14.3 Å². The number of aliphatic carboxylic acids is 1. The Morgan fingerprint density at radius 2 is 1.81 bits per heavy atom. The zero-order valence-electron chi connectivity index (χ0n) is 28.8. The van der Waals surface area contributed by atoms with Gasteiger partial charge in [-0.05, 0) is 104 Å². The summed E-state index contributed by atoms with van der Waals surface area (Å²) in [4.78, 5) is 20.0. The Bertz CT molecular complexity index is 1770. The van der Waals surface area contributed by atoms with Crippen LogP contribution < -0.4 is 9.64 Å². The smallest absolute Gasteiger partial charge is 0.337 e. The summed E-state index contributed by atoms with van der Waals surface area (Å²) in [5, 5.41) is 15.6. The summed E-state index contributed by atoms with van der Waals surface area (Å²) < 4.78 is 21.1. The SMILES string of the molecule is Cc1ccc2c(c1)O[C@H](C)CCCCOC1(C)CCN(CC1)c1c([C@H](OC(C)(C)C)C(=O)O)c(C)nc3cc(nn13)-c1cccc-2c1. The van der Waals surface area contributed by atoms with Gasteiger partial charge in [0.1, 0.15) is 11.6 Å². The summed E-state index contributed by atoms with van der Waals surface area (Å²) in [6, 6.07) is 16.7. The van der Waals surface area contributed by atoms with Crippen LogP contribution in [0.1, 0.15) is 89.6 Å². The van der Waals surface area contributed by atoms with Gasteiger partial charge in [-0.2, -0.15) is 9.61 Å². The van der Waals surface area contributed by atoms with Crippen molar-refractivity contribution >= 4 is 17.4 Å². The van der Waals surface area contributed by atoms with E-state index >= 15 is 0 Å². The molecule has 2 aromatic heterocycles. The van der Waals surface area contributed by atoms with E-state index in [4.69, 9.17) is 24.3 Å². The minimum Gasteiger partial charge on any atom is -0.490 e. The van der Waals surface area contributed by atoms with Crippen LogP contribution in [0.4, 0.5) is 5.82 Å². The Labute approximate surface area is 277 Å². The second kappa shape index (κ2) is 12.9. The zero-order chi connectivity index (χ0) is 33.5. The molecule has 0 radical (unpaired) electrons. The van der Waals surface area contributed by atoms with Gasteiger partial charge in [0.25, 0.3) is 0 Å². The first kappa shape index (κ1) is 33.0. The largest absolute Gasteiger partial charge is 0.490 e. The number of piperidine rings is 1. The van der Waals surface area contributed by atoms with E-state index in [2.05, 4.69) is 62.1 Å². The molecule has 2 aromatic carbocycles. The lowest BCUT2D eigenvalue weighted by Crippen LogP contribution is -2.46. The van der Waals surface area contributed by atoms with E-state index in [0.717, 1.165) is 65.8 Å². The van der Waals surface area contributed by atoms with Crippen molar-refractivity contribution in [1.82, 2.24) is 14.6 Å². The van der Waals surface area contributed by atoms with Gasteiger partial charge >= 0.3 is 5.97 Å². The zero-order valence-corrected chi connectivity index (χ0v) is 28.8. The molecule has 9 heteroatoms. The van der Waals surface area contributed by atoms with Crippen LogP contribution in [-0.4, -0.2) is 62.7 Å². The maximum Gasteiger partial charge on any atom is 0.337 e. The number of hydrogen-bond donors (Lipinski definition) is 1. The molecule has 1 saturated heterocycles. The van der Waals surface area contributed by atoms with Crippen LogP contribution in [0.3, 0.4) is 0 Å². The number of ether oxygens (including phenoxy) is 3. The predicted molar refractivity (Wildman–Crippen MR) is 184 cm³/mol. The van der Waals surface area contributed by atoms with E-state index in [9.17, 15) is 9.90 Å². The summed E-state index contributed by atoms with van der Waals surface area (Å²) in [7, 11) is 0. The van der Waals surface area contributed by atoms with E-state index in [1.165, 1.54) is 0 Å². The second-order valence-corrected chi connectivity index (χ2v) is 14.5. The topological polar surface area (TPSA) is 98.4 Å². The summed E-state index contributed by atoms with van der Waals surface area (Å²) in [5.74, 6) is 0.532. The molecule has 0 aliphatic carbocycles. The van der Waals surface area contributed by atoms with E-state index < -0.39 is 17.7 Å². The third kappa shape index (κ3) is 7.16. The molecule has 6 bridgehead atoms. The number of hydrogen-bond acceptors (Lipinski definition) is 7. The molecule has 0 amide bonds. The van der Waals surface area contributed by atoms with Crippen LogP contribution in [0.5, 0.6) is 5.75 Å². The number of rotatable bonds is 3. The van der Waals surface area contributed by atoms with Gasteiger partial charge in [-0.1, -0.05) is 30.3 Å². The molecule has 4 aromatic rings. The summed E-state index contributed by atoms with van der Waals surface area (Å²) in [5.41, 5.74) is 5.76. The van der Waals surface area contributed by atoms with Crippen LogP contribution >= 0.6 is 0 Å². The fourth-order valence-corrected chi connectivity index (χ4v) is 6.73. The van der Waals surface area contributed by atoms with Crippen molar-refractivity contribution in [3.8, 4) is 28.1 Å². The van der Waals surface area contributed by atoms with Crippen LogP contribution in [0, 0.1) is 13.8 Å². The van der Waals surface area contributed by atoms with Gasteiger partial charge in [0, 0.05) is 42.6 Å². The standard InChI is InChI=1S/C38H48N4O5/c1-24-14-15-29-27-12-10-13-28(22-27)30-23-32-39-26(3)33(34(36(43)44)47-37(4,5)6)35(42(32)40-30)41-18-16-38(7,17-19-41)45-20-9-8-11-25(2)46-31(29)21-24/h10,12-15,21-23,25,34H,8-9,11,16-20H2,1-7H3,(H,43,44)/t25-,34+/m1/s1. The lowest BCUT2D eigenvalue weighted by Gasteiger charge is -2.41. The second-order valence-electron chi connectivity index (χ2n) is 14.5. The van der Waals surface area contributed by atoms with Crippen molar-refractivity contribution in [2.75, 3.05) is 24.6 Å². The number of nitrogens with zero attached hydrogens (tertiary/aromatic N) is 4. The number of aromatic nitrogens is 3. The molecule has 250 valence electrons. The molecule has 47 heavy (non-hydrogen) atoms. The Balaban J connectivity index is 1.53. The highest BCUT2D eigenvalue weighted by atomic mass is 16.5. The van der Waals surface area contributed by atoms with Gasteiger partial charge in [-0.3, -0.25) is 0 Å². The van der Waals surface area contributed by atoms with Crippen molar-refractivity contribution in [1.29, 1.82) is 0 Å². The van der Waals surface area contributed by atoms with Gasteiger partial charge in [0.15, 0.2) is 11.8 Å². The Morgan fingerprint density at radius 1 is 1.06 bits per heavy atom. The molecule has 1 fully saturated rings. The number of anilines is 1. The lowest BCUT2D eigenvalue weighted by atomic mass is 9.92. The third-order valence-corrected chi connectivity index (χ3v) is 9.27. The summed E-state index contributed by atoms with van der Waals surface area (Å²) >= 11 is 0. The van der Waals surface area contributed by atoms with E-state index in [-0.39, 0.29) is 11.7 Å². The van der Waals surface area contributed by atoms with Crippen molar-refractivity contribution in [3.63, 3.8) is 0 Å². The monoisotopic (exact) mass is 640 g/mol. The predicted octanol–water partition coefficient (Wildman–Crippen LogP) is 7.95. The lowest BCUT2D eigenvalue weighted by molar-refractivity contribution is -0.160. The van der Waals surface area contributed by atoms with Crippen molar-refractivity contribution in [2.24, 2.45) is 0 Å². The highest BCUT2D eigenvalue weighted by Crippen LogP contribution is 2.39. The van der Waals surface area contributed by atoms with E-state index in [1.807, 2.05) is 44.3 Å². The fourth-order valence-electron chi connectivity index (χ4n) is 6.73. The van der Waals surface area contributed by atoms with E-state index in [0.29, 0.717) is 42.4 Å². The average molecular weight is 641 g/mol. The number of aryl methyl sites for hydroxylation is 2. The Kier molecular flexibility index (Phi) is 9.06. The number of fused-ring (bicyclic) bond motifs is 8. The van der Waals surface area contributed by atoms with Gasteiger partial charge < -0.3 is 24.2 Å². The molecule has 1 N–H and O–H groups in total. The van der Waals surface area contributed by atoms with Crippen LogP contribution in [0.2, 0.25) is 0 Å². The molecule has 0 unspecified atom stereocenters. The third-order valence-electron chi connectivity index (χ3n) is 9.27. The molecule has 5 heterocycles. The molecule has 0 saturated carbocycles. The molecule has 3 aliphatic heterocycles. The minimum absolute atomic E-state index is 0.0698. The number of carboxylic acid groups (broad SMARTS) is 1. The summed E-state index contributed by atoms with van der Waals surface area (Å²) in [6.07, 6.45) is 3.39. The average Bonchev–Trinajstić information content (AvgIpc) is 3.43. The first-order chi connectivity index (χ1) is 22.3. The van der Waals surface area contributed by atoms with Crippen molar-refractivity contribution in [2.45, 2.75) is 104 Å². The molecule has 2 atom stereocenters. The van der Waals surface area contributed by atoms with Crippen molar-refractivity contribution < 1.29 is 24.1 Å². The van der Waals surface area contributed by atoms with Crippen LogP contribution in [0.15, 0.2) is 48.5 Å². The van der Waals surface area contributed by atoms with Gasteiger partial charge in [-0.15, -0.1) is 0 Å². The summed E-state index contributed by atoms with van der Waals surface area (Å²) in [6.45, 7) is 16.0. The van der Waals surface area contributed by atoms with Gasteiger partial charge in [0.05, 0.1) is 28.6 Å². The van der Waals surface area contributed by atoms with Crippen molar-refractivity contribution in [3.05, 3.63) is 65.4 Å². The molecular weight excluding hydrogens is 592 g/mol. The van der Waals surface area contributed by atoms with Gasteiger partial charge in [0.2, 0.25) is 0 Å². The molecular formula is C38H48N4O5.